The Hall–Kier alpha value is -2.60. The van der Waals surface area contributed by atoms with E-state index >= 15 is 0 Å². The van der Waals surface area contributed by atoms with Gasteiger partial charge in [-0.3, -0.25) is 14.2 Å². The fourth-order valence-corrected chi connectivity index (χ4v) is 3.20. The molecule has 1 N–H and O–H groups in total. The molecule has 1 heterocycles. The summed E-state index contributed by atoms with van der Waals surface area (Å²) >= 11 is 3.47. The lowest BCUT2D eigenvalue weighted by Gasteiger charge is -2.12. The molecule has 134 valence electrons. The van der Waals surface area contributed by atoms with Gasteiger partial charge in [0.05, 0.1) is 12.1 Å². The molecule has 3 aromatic rings. The van der Waals surface area contributed by atoms with Crippen LogP contribution in [0.2, 0.25) is 0 Å². The fraction of sp³-hybridized carbons (Fsp3) is 0.200. The Balaban J connectivity index is 1.60. The number of hydrogen-bond donors (Lipinski definition) is 1. The SMILES string of the molecule is Cc1cccc(OCCNC(=O)Cn2c(=O)ccc3c(Br)cccc32)c1. The Morgan fingerprint density at radius 2 is 1.96 bits per heavy atom. The Bertz CT molecular complexity index is 998. The molecule has 0 saturated heterocycles. The zero-order chi connectivity index (χ0) is 18.5. The van der Waals surface area contributed by atoms with Crippen molar-refractivity contribution in [2.24, 2.45) is 0 Å². The predicted molar refractivity (Wildman–Crippen MR) is 106 cm³/mol. The van der Waals surface area contributed by atoms with Gasteiger partial charge in [-0.05, 0) is 42.8 Å². The number of carbonyl (C=O) groups excluding carboxylic acids is 1. The summed E-state index contributed by atoms with van der Waals surface area (Å²) in [6.45, 7) is 2.70. The maximum Gasteiger partial charge on any atom is 0.251 e. The number of ether oxygens (including phenoxy) is 1. The molecular weight excluding hydrogens is 396 g/mol. The zero-order valence-electron chi connectivity index (χ0n) is 14.4. The summed E-state index contributed by atoms with van der Waals surface area (Å²) in [6, 6.07) is 16.5. The summed E-state index contributed by atoms with van der Waals surface area (Å²) in [5.74, 6) is 0.543. The lowest BCUT2D eigenvalue weighted by Crippen LogP contribution is -2.34. The smallest absolute Gasteiger partial charge is 0.251 e. The van der Waals surface area contributed by atoms with Gasteiger partial charge in [0.1, 0.15) is 18.9 Å². The molecule has 0 bridgehead atoms. The van der Waals surface area contributed by atoms with E-state index in [4.69, 9.17) is 4.74 Å². The van der Waals surface area contributed by atoms with Gasteiger partial charge in [0, 0.05) is 15.9 Å². The third-order valence-electron chi connectivity index (χ3n) is 3.96. The van der Waals surface area contributed by atoms with Crippen LogP contribution >= 0.6 is 15.9 Å². The highest BCUT2D eigenvalue weighted by Gasteiger charge is 2.09. The van der Waals surface area contributed by atoms with E-state index in [1.807, 2.05) is 49.4 Å². The summed E-state index contributed by atoms with van der Waals surface area (Å²) in [5, 5.41) is 3.68. The second-order valence-electron chi connectivity index (χ2n) is 5.95. The van der Waals surface area contributed by atoms with E-state index in [0.29, 0.717) is 13.2 Å². The standard InChI is InChI=1S/C20H19BrN2O3/c1-14-4-2-5-15(12-14)26-11-10-22-19(24)13-23-18-7-3-6-17(21)16(18)8-9-20(23)25/h2-9,12H,10-11,13H2,1H3,(H,22,24). The molecule has 6 heteroatoms. The average Bonchev–Trinajstić information content (AvgIpc) is 2.61. The first-order valence-electron chi connectivity index (χ1n) is 8.29. The number of halogens is 1. The van der Waals surface area contributed by atoms with Gasteiger partial charge in [0.2, 0.25) is 5.91 Å². The molecule has 0 spiro atoms. The normalized spacial score (nSPS) is 10.7. The Morgan fingerprint density at radius 1 is 1.15 bits per heavy atom. The maximum atomic E-state index is 12.2. The fourth-order valence-electron chi connectivity index (χ4n) is 2.72. The van der Waals surface area contributed by atoms with Gasteiger partial charge < -0.3 is 10.1 Å². The van der Waals surface area contributed by atoms with Crippen LogP contribution in [0.15, 0.2) is 63.9 Å². The first-order chi connectivity index (χ1) is 12.5. The van der Waals surface area contributed by atoms with Crippen LogP contribution in [0.3, 0.4) is 0 Å². The van der Waals surface area contributed by atoms with Crippen LogP contribution in [-0.4, -0.2) is 23.6 Å². The van der Waals surface area contributed by atoms with Crippen molar-refractivity contribution in [3.63, 3.8) is 0 Å². The molecule has 0 radical (unpaired) electrons. The average molecular weight is 415 g/mol. The highest BCUT2D eigenvalue weighted by molar-refractivity contribution is 9.10. The van der Waals surface area contributed by atoms with Crippen molar-refractivity contribution in [3.05, 3.63) is 75.0 Å². The van der Waals surface area contributed by atoms with E-state index in [1.54, 1.807) is 6.07 Å². The quantitative estimate of drug-likeness (QED) is 0.629. The lowest BCUT2D eigenvalue weighted by molar-refractivity contribution is -0.121. The second-order valence-corrected chi connectivity index (χ2v) is 6.80. The minimum Gasteiger partial charge on any atom is -0.492 e. The number of hydrogen-bond acceptors (Lipinski definition) is 3. The molecule has 0 atom stereocenters. The van der Waals surface area contributed by atoms with Crippen molar-refractivity contribution in [3.8, 4) is 5.75 Å². The van der Waals surface area contributed by atoms with Crippen molar-refractivity contribution >= 4 is 32.7 Å². The molecule has 0 aliphatic rings. The second kappa shape index (κ2) is 8.19. The number of nitrogens with zero attached hydrogens (tertiary/aromatic N) is 1. The van der Waals surface area contributed by atoms with Gasteiger partial charge in [0.25, 0.3) is 5.56 Å². The molecule has 0 unspecified atom stereocenters. The monoisotopic (exact) mass is 414 g/mol. The van der Waals surface area contributed by atoms with Crippen LogP contribution in [0.4, 0.5) is 0 Å². The molecule has 1 amide bonds. The number of fused-ring (bicyclic) bond motifs is 1. The van der Waals surface area contributed by atoms with Gasteiger partial charge >= 0.3 is 0 Å². The third kappa shape index (κ3) is 4.32. The van der Waals surface area contributed by atoms with Gasteiger partial charge in [0.15, 0.2) is 0 Å². The Morgan fingerprint density at radius 3 is 2.77 bits per heavy atom. The first kappa shape index (κ1) is 18.2. The molecule has 2 aromatic carbocycles. The van der Waals surface area contributed by atoms with Crippen LogP contribution in [0.1, 0.15) is 5.56 Å². The number of aromatic nitrogens is 1. The van der Waals surface area contributed by atoms with Gasteiger partial charge in [-0.1, -0.05) is 34.1 Å². The number of rotatable bonds is 6. The van der Waals surface area contributed by atoms with Crippen molar-refractivity contribution in [2.75, 3.05) is 13.2 Å². The largest absolute Gasteiger partial charge is 0.492 e. The Labute approximate surface area is 159 Å². The van der Waals surface area contributed by atoms with Gasteiger partial charge in [-0.15, -0.1) is 0 Å². The van der Waals surface area contributed by atoms with E-state index < -0.39 is 0 Å². The minimum atomic E-state index is -0.229. The molecule has 0 fully saturated rings. The molecule has 5 nitrogen and oxygen atoms in total. The van der Waals surface area contributed by atoms with Crippen molar-refractivity contribution in [2.45, 2.75) is 13.5 Å². The summed E-state index contributed by atoms with van der Waals surface area (Å²) < 4.78 is 7.96. The first-order valence-corrected chi connectivity index (χ1v) is 9.08. The molecule has 0 aliphatic heterocycles. The molecule has 26 heavy (non-hydrogen) atoms. The zero-order valence-corrected chi connectivity index (χ0v) is 16.0. The number of amides is 1. The van der Waals surface area contributed by atoms with Gasteiger partial charge in [-0.25, -0.2) is 0 Å². The van der Waals surface area contributed by atoms with E-state index in [-0.39, 0.29) is 18.0 Å². The number of aryl methyl sites for hydroxylation is 1. The van der Waals surface area contributed by atoms with Crippen molar-refractivity contribution < 1.29 is 9.53 Å². The molecule has 0 saturated carbocycles. The number of nitrogens with one attached hydrogen (secondary N) is 1. The molecular formula is C20H19BrN2O3. The molecule has 0 aliphatic carbocycles. The van der Waals surface area contributed by atoms with Crippen LogP contribution in [0.5, 0.6) is 5.75 Å². The number of carbonyl (C=O) groups is 1. The van der Waals surface area contributed by atoms with Crippen LogP contribution in [-0.2, 0) is 11.3 Å². The Kier molecular flexibility index (Phi) is 5.73. The maximum absolute atomic E-state index is 12.2. The highest BCUT2D eigenvalue weighted by atomic mass is 79.9. The van der Waals surface area contributed by atoms with Gasteiger partial charge in [-0.2, -0.15) is 0 Å². The van der Waals surface area contributed by atoms with E-state index in [1.165, 1.54) is 10.6 Å². The summed E-state index contributed by atoms with van der Waals surface area (Å²) in [4.78, 5) is 24.4. The number of pyridine rings is 1. The number of benzene rings is 2. The summed E-state index contributed by atoms with van der Waals surface area (Å²) in [5.41, 5.74) is 1.63. The molecule has 3 rings (SSSR count). The highest BCUT2D eigenvalue weighted by Crippen LogP contribution is 2.22. The van der Waals surface area contributed by atoms with E-state index in [2.05, 4.69) is 21.2 Å². The predicted octanol–water partition coefficient (Wildman–Crippen LogP) is 3.27. The summed E-state index contributed by atoms with van der Waals surface area (Å²) in [7, 11) is 0. The minimum absolute atomic E-state index is 0.0307. The molecule has 1 aromatic heterocycles. The van der Waals surface area contributed by atoms with Crippen molar-refractivity contribution in [1.82, 2.24) is 9.88 Å². The van der Waals surface area contributed by atoms with Crippen molar-refractivity contribution in [1.29, 1.82) is 0 Å². The summed E-state index contributed by atoms with van der Waals surface area (Å²) in [6.07, 6.45) is 0. The van der Waals surface area contributed by atoms with Crippen LogP contribution < -0.4 is 15.6 Å². The van der Waals surface area contributed by atoms with Crippen LogP contribution in [0, 0.1) is 6.92 Å². The third-order valence-corrected chi connectivity index (χ3v) is 4.66. The van der Waals surface area contributed by atoms with Crippen LogP contribution in [0.25, 0.3) is 10.9 Å². The van der Waals surface area contributed by atoms with E-state index in [9.17, 15) is 9.59 Å². The lowest BCUT2D eigenvalue weighted by atomic mass is 10.2. The topological polar surface area (TPSA) is 60.3 Å². The van der Waals surface area contributed by atoms with E-state index in [0.717, 1.165) is 26.7 Å².